The number of carbonyl (C=O) groups excluding carboxylic acids is 1. The van der Waals surface area contributed by atoms with Crippen LogP contribution < -0.4 is 11.1 Å². The summed E-state index contributed by atoms with van der Waals surface area (Å²) < 4.78 is 18.8. The van der Waals surface area contributed by atoms with E-state index in [-0.39, 0.29) is 11.4 Å². The maximum absolute atomic E-state index is 13.9. The topological polar surface area (TPSA) is 94.0 Å². The molecule has 3 N–H and O–H groups in total. The lowest BCUT2D eigenvalue weighted by atomic mass is 10.1. The smallest absolute Gasteiger partial charge is 0.237 e. The van der Waals surface area contributed by atoms with Crippen molar-refractivity contribution in [1.82, 2.24) is 15.5 Å². The third-order valence-corrected chi connectivity index (χ3v) is 2.72. The number of halogens is 1. The molecular formula is C13H15FN4O2. The molecule has 2 rings (SSSR count). The Hall–Kier alpha value is -2.28. The van der Waals surface area contributed by atoms with E-state index >= 15 is 0 Å². The van der Waals surface area contributed by atoms with E-state index in [1.54, 1.807) is 25.1 Å². The van der Waals surface area contributed by atoms with Gasteiger partial charge in [0.05, 0.1) is 6.04 Å². The Morgan fingerprint density at radius 2 is 2.15 bits per heavy atom. The van der Waals surface area contributed by atoms with Gasteiger partial charge in [-0.15, -0.1) is 0 Å². The average Bonchev–Trinajstić information content (AvgIpc) is 2.83. The van der Waals surface area contributed by atoms with Gasteiger partial charge < -0.3 is 15.6 Å². The van der Waals surface area contributed by atoms with Crippen LogP contribution in [0.1, 0.15) is 30.2 Å². The van der Waals surface area contributed by atoms with Gasteiger partial charge in [0.25, 0.3) is 0 Å². The third-order valence-electron chi connectivity index (χ3n) is 2.72. The molecule has 6 nitrogen and oxygen atoms in total. The largest absolute Gasteiger partial charge is 0.340 e. The normalized spacial score (nSPS) is 13.8. The summed E-state index contributed by atoms with van der Waals surface area (Å²) in [5.41, 5.74) is 5.77. The minimum absolute atomic E-state index is 0.182. The van der Waals surface area contributed by atoms with Crippen LogP contribution in [0.15, 0.2) is 28.8 Å². The number of carbonyl (C=O) groups is 1. The number of amides is 1. The molecule has 7 heteroatoms. The summed E-state index contributed by atoms with van der Waals surface area (Å²) in [5.74, 6) is -0.386. The molecule has 1 aromatic carbocycles. The van der Waals surface area contributed by atoms with Crippen LogP contribution in [0.25, 0.3) is 0 Å². The molecule has 0 bridgehead atoms. The molecule has 1 aromatic heterocycles. The Bertz CT molecular complexity index is 612. The van der Waals surface area contributed by atoms with Crippen molar-refractivity contribution in [2.75, 3.05) is 0 Å². The highest BCUT2D eigenvalue weighted by atomic mass is 19.1. The van der Waals surface area contributed by atoms with Gasteiger partial charge >= 0.3 is 0 Å². The zero-order valence-electron chi connectivity index (χ0n) is 11.1. The van der Waals surface area contributed by atoms with Crippen molar-refractivity contribution in [1.29, 1.82) is 0 Å². The van der Waals surface area contributed by atoms with Crippen LogP contribution in [0, 0.1) is 12.7 Å². The van der Waals surface area contributed by atoms with Crippen LogP contribution in [0.3, 0.4) is 0 Å². The van der Waals surface area contributed by atoms with Crippen LogP contribution in [-0.4, -0.2) is 22.1 Å². The summed E-state index contributed by atoms with van der Waals surface area (Å²) in [6, 6.07) is 4.51. The van der Waals surface area contributed by atoms with E-state index < -0.39 is 23.8 Å². The molecule has 0 saturated carbocycles. The van der Waals surface area contributed by atoms with Crippen molar-refractivity contribution in [2.45, 2.75) is 25.9 Å². The molecule has 0 aliphatic heterocycles. The van der Waals surface area contributed by atoms with Crippen molar-refractivity contribution in [2.24, 2.45) is 5.73 Å². The fourth-order valence-corrected chi connectivity index (χ4v) is 1.70. The van der Waals surface area contributed by atoms with Crippen molar-refractivity contribution in [3.63, 3.8) is 0 Å². The zero-order chi connectivity index (χ0) is 14.7. The molecule has 0 spiro atoms. The quantitative estimate of drug-likeness (QED) is 0.872. The molecule has 1 heterocycles. The highest BCUT2D eigenvalue weighted by molar-refractivity contribution is 5.81. The standard InChI is InChI=1S/C13H15FN4O2/c1-7(15)13(19)17-11(12-16-8(2)20-18-12)9-5-3-4-6-10(9)14/h3-7,11H,15H2,1-2H3,(H,17,19)/t7-,11?/m1/s1. The lowest BCUT2D eigenvalue weighted by molar-refractivity contribution is -0.122. The van der Waals surface area contributed by atoms with Gasteiger partial charge in [0.2, 0.25) is 11.8 Å². The number of nitrogens with one attached hydrogen (secondary N) is 1. The Kier molecular flexibility index (Phi) is 4.09. The molecular weight excluding hydrogens is 263 g/mol. The Morgan fingerprint density at radius 1 is 1.45 bits per heavy atom. The van der Waals surface area contributed by atoms with Crippen molar-refractivity contribution < 1.29 is 13.7 Å². The maximum Gasteiger partial charge on any atom is 0.237 e. The molecule has 20 heavy (non-hydrogen) atoms. The Labute approximate surface area is 115 Å². The first kappa shape index (κ1) is 14.1. The van der Waals surface area contributed by atoms with Gasteiger partial charge in [-0.3, -0.25) is 4.79 Å². The number of benzene rings is 1. The second kappa shape index (κ2) is 5.79. The lowest BCUT2D eigenvalue weighted by Crippen LogP contribution is -2.41. The molecule has 0 aliphatic carbocycles. The van der Waals surface area contributed by atoms with Crippen LogP contribution in [0.2, 0.25) is 0 Å². The van der Waals surface area contributed by atoms with E-state index in [2.05, 4.69) is 15.5 Å². The van der Waals surface area contributed by atoms with E-state index in [0.717, 1.165) is 0 Å². The molecule has 1 amide bonds. The second-order valence-corrected chi connectivity index (χ2v) is 4.42. The number of rotatable bonds is 4. The zero-order valence-corrected chi connectivity index (χ0v) is 11.1. The van der Waals surface area contributed by atoms with E-state index in [1.165, 1.54) is 13.0 Å². The Morgan fingerprint density at radius 3 is 2.70 bits per heavy atom. The summed E-state index contributed by atoms with van der Waals surface area (Å²) in [6.45, 7) is 3.15. The second-order valence-electron chi connectivity index (χ2n) is 4.42. The lowest BCUT2D eigenvalue weighted by Gasteiger charge is -2.17. The number of nitrogens with two attached hydrogens (primary N) is 1. The van der Waals surface area contributed by atoms with Gasteiger partial charge in [0, 0.05) is 12.5 Å². The van der Waals surface area contributed by atoms with Crippen molar-refractivity contribution >= 4 is 5.91 Å². The first-order valence-corrected chi connectivity index (χ1v) is 6.09. The minimum atomic E-state index is -0.841. The third kappa shape index (κ3) is 3.00. The van der Waals surface area contributed by atoms with E-state index in [0.29, 0.717) is 5.89 Å². The van der Waals surface area contributed by atoms with Gasteiger partial charge in [-0.25, -0.2) is 4.39 Å². The molecule has 2 aromatic rings. The molecule has 0 radical (unpaired) electrons. The molecule has 0 aliphatic rings. The minimum Gasteiger partial charge on any atom is -0.340 e. The summed E-state index contributed by atoms with van der Waals surface area (Å²) in [5, 5.41) is 6.35. The fourth-order valence-electron chi connectivity index (χ4n) is 1.70. The number of hydrogen-bond acceptors (Lipinski definition) is 5. The van der Waals surface area contributed by atoms with Gasteiger partial charge in [-0.05, 0) is 13.0 Å². The van der Waals surface area contributed by atoms with Crippen LogP contribution >= 0.6 is 0 Å². The van der Waals surface area contributed by atoms with Crippen LogP contribution in [-0.2, 0) is 4.79 Å². The number of hydrogen-bond donors (Lipinski definition) is 2. The Balaban J connectivity index is 2.39. The summed E-state index contributed by atoms with van der Waals surface area (Å²) in [4.78, 5) is 15.8. The summed E-state index contributed by atoms with van der Waals surface area (Å²) >= 11 is 0. The molecule has 1 unspecified atom stereocenters. The van der Waals surface area contributed by atoms with Crippen molar-refractivity contribution in [3.05, 3.63) is 47.4 Å². The van der Waals surface area contributed by atoms with Gasteiger partial charge in [-0.2, -0.15) is 4.98 Å². The number of aromatic nitrogens is 2. The van der Waals surface area contributed by atoms with Gasteiger partial charge in [-0.1, -0.05) is 23.4 Å². The van der Waals surface area contributed by atoms with Crippen molar-refractivity contribution in [3.8, 4) is 0 Å². The molecule has 2 atom stereocenters. The maximum atomic E-state index is 13.9. The first-order valence-electron chi connectivity index (χ1n) is 6.09. The van der Waals surface area contributed by atoms with E-state index in [9.17, 15) is 9.18 Å². The number of aryl methyl sites for hydroxylation is 1. The van der Waals surface area contributed by atoms with E-state index in [1.807, 2.05) is 0 Å². The predicted octanol–water partition coefficient (Wildman–Crippen LogP) is 1.07. The molecule has 0 saturated heterocycles. The van der Waals surface area contributed by atoms with Gasteiger partial charge in [0.1, 0.15) is 11.9 Å². The highest BCUT2D eigenvalue weighted by Crippen LogP contribution is 2.22. The van der Waals surface area contributed by atoms with Crippen LogP contribution in [0.5, 0.6) is 0 Å². The molecule has 0 fully saturated rings. The average molecular weight is 278 g/mol. The number of nitrogens with zero attached hydrogens (tertiary/aromatic N) is 2. The van der Waals surface area contributed by atoms with E-state index in [4.69, 9.17) is 10.3 Å². The molecule has 106 valence electrons. The SMILES string of the molecule is Cc1nc(C(NC(=O)[C@@H](C)N)c2ccccc2F)no1. The van der Waals surface area contributed by atoms with Gasteiger partial charge in [0.15, 0.2) is 5.82 Å². The highest BCUT2D eigenvalue weighted by Gasteiger charge is 2.25. The van der Waals surface area contributed by atoms with Crippen LogP contribution in [0.4, 0.5) is 4.39 Å². The predicted molar refractivity (Wildman–Crippen MR) is 69.1 cm³/mol. The monoisotopic (exact) mass is 278 g/mol. The first-order chi connectivity index (χ1) is 9.49. The fraction of sp³-hybridized carbons (Fsp3) is 0.308. The summed E-state index contributed by atoms with van der Waals surface area (Å²) in [7, 11) is 0. The summed E-state index contributed by atoms with van der Waals surface area (Å²) in [6.07, 6.45) is 0.